The Hall–Kier alpha value is -1.67. The summed E-state index contributed by atoms with van der Waals surface area (Å²) in [6, 6.07) is -0.400. The first kappa shape index (κ1) is 53.3. The van der Waals surface area contributed by atoms with E-state index in [1.165, 1.54) is 103 Å². The van der Waals surface area contributed by atoms with Gasteiger partial charge < -0.3 is 19.3 Å². The Bertz CT molecular complexity index is 945. The molecule has 3 unspecified atom stereocenters. The van der Waals surface area contributed by atoms with Crippen molar-refractivity contribution >= 4 is 17.9 Å². The normalized spacial score (nSPS) is 16.8. The second kappa shape index (κ2) is 38.5. The number of esters is 3. The van der Waals surface area contributed by atoms with Crippen molar-refractivity contribution in [1.82, 2.24) is 4.90 Å². The maximum atomic E-state index is 13.0. The van der Waals surface area contributed by atoms with Crippen molar-refractivity contribution in [1.29, 1.82) is 0 Å². The average Bonchev–Trinajstić information content (AvgIpc) is 3.58. The van der Waals surface area contributed by atoms with E-state index >= 15 is 0 Å². The van der Waals surface area contributed by atoms with E-state index in [4.69, 9.17) is 14.2 Å². The van der Waals surface area contributed by atoms with E-state index in [9.17, 15) is 19.5 Å². The summed E-state index contributed by atoms with van der Waals surface area (Å²) in [4.78, 5) is 40.4. The maximum absolute atomic E-state index is 13.0. The van der Waals surface area contributed by atoms with Crippen LogP contribution < -0.4 is 0 Å². The molecule has 1 rings (SSSR count). The number of aliphatic hydroxyl groups excluding tert-OH is 1. The Kier molecular flexibility index (Phi) is 36.1. The number of likely N-dealkylation sites (tertiary alicyclic amines) is 1. The number of nitrogens with zero attached hydrogens (tertiary/aromatic N) is 1. The van der Waals surface area contributed by atoms with Gasteiger partial charge in [-0.15, -0.1) is 0 Å². The molecule has 0 amide bonds. The predicted octanol–water partition coefficient (Wildman–Crippen LogP) is 13.1. The summed E-state index contributed by atoms with van der Waals surface area (Å²) in [6.45, 7) is 10.5. The van der Waals surface area contributed by atoms with Gasteiger partial charge in [0.1, 0.15) is 18.2 Å². The van der Waals surface area contributed by atoms with Crippen LogP contribution in [0.2, 0.25) is 0 Å². The van der Waals surface area contributed by atoms with Crippen LogP contribution in [0, 0.1) is 0 Å². The Balaban J connectivity index is 2.25. The van der Waals surface area contributed by atoms with Gasteiger partial charge in [0.2, 0.25) is 0 Å². The Morgan fingerprint density at radius 3 is 1.33 bits per heavy atom. The number of unbranched alkanes of at least 4 members (excludes halogenated alkanes) is 22. The molecule has 4 atom stereocenters. The molecule has 0 aliphatic carbocycles. The van der Waals surface area contributed by atoms with Crippen LogP contribution >= 0.6 is 0 Å². The molecule has 1 saturated heterocycles. The summed E-state index contributed by atoms with van der Waals surface area (Å²) in [7, 11) is 0. The van der Waals surface area contributed by atoms with E-state index in [0.717, 1.165) is 103 Å². The Morgan fingerprint density at radius 1 is 0.509 bits per heavy atom. The van der Waals surface area contributed by atoms with E-state index in [1.54, 1.807) is 0 Å². The zero-order valence-electron chi connectivity index (χ0n) is 38.0. The first-order chi connectivity index (χ1) is 27.8. The molecule has 1 aliphatic rings. The molecule has 1 aliphatic heterocycles. The number of β-amino-alcohol motifs (C(OH)–C–C–N with tert-alkyl or cyclic N) is 1. The summed E-state index contributed by atoms with van der Waals surface area (Å²) in [5.41, 5.74) is 0. The van der Waals surface area contributed by atoms with E-state index in [2.05, 4.69) is 32.6 Å². The van der Waals surface area contributed by atoms with Crippen molar-refractivity contribution in [3.8, 4) is 0 Å². The standard InChI is InChI=1S/C49H93NO7/c1-5-9-13-17-20-27-35-44(33-25-15-11-7-3)56-47(52)37-29-22-19-23-32-40-55-49(54)46-41-43(51)42-50(46)39-31-24-30-38-48(53)57-45(34-26-16-12-8-4)36-28-21-18-14-10-6-2/h43-46,51H,5-42H2,1-4H3/t43?,44?,45?,46-/m0/s1. The van der Waals surface area contributed by atoms with Crippen LogP contribution in [-0.4, -0.2) is 72.0 Å². The molecular weight excluding hydrogens is 715 g/mol. The van der Waals surface area contributed by atoms with Gasteiger partial charge in [0.25, 0.3) is 0 Å². The molecule has 1 fully saturated rings. The summed E-state index contributed by atoms with van der Waals surface area (Å²) in [6.07, 6.45) is 36.7. The maximum Gasteiger partial charge on any atom is 0.323 e. The topological polar surface area (TPSA) is 102 Å². The molecule has 0 aromatic heterocycles. The summed E-state index contributed by atoms with van der Waals surface area (Å²) in [5.74, 6) is -0.354. The molecule has 0 radical (unpaired) electrons. The van der Waals surface area contributed by atoms with Crippen molar-refractivity contribution in [3.05, 3.63) is 0 Å². The molecule has 0 spiro atoms. The number of hydrogen-bond acceptors (Lipinski definition) is 8. The molecule has 1 heterocycles. The first-order valence-electron chi connectivity index (χ1n) is 24.8. The van der Waals surface area contributed by atoms with Crippen LogP contribution in [0.25, 0.3) is 0 Å². The smallest absolute Gasteiger partial charge is 0.323 e. The fourth-order valence-electron chi connectivity index (χ4n) is 8.22. The van der Waals surface area contributed by atoms with Crippen molar-refractivity contribution in [2.75, 3.05) is 19.7 Å². The van der Waals surface area contributed by atoms with Gasteiger partial charge in [0, 0.05) is 25.8 Å². The van der Waals surface area contributed by atoms with Gasteiger partial charge in [0.05, 0.1) is 12.7 Å². The number of hydrogen-bond donors (Lipinski definition) is 1. The quantitative estimate of drug-likeness (QED) is 0.0370. The van der Waals surface area contributed by atoms with Gasteiger partial charge in [-0.3, -0.25) is 19.3 Å². The fourth-order valence-corrected chi connectivity index (χ4v) is 8.22. The number of rotatable bonds is 41. The van der Waals surface area contributed by atoms with Crippen molar-refractivity contribution < 1.29 is 33.7 Å². The fraction of sp³-hybridized carbons (Fsp3) is 0.939. The van der Waals surface area contributed by atoms with E-state index in [0.29, 0.717) is 39.0 Å². The molecule has 57 heavy (non-hydrogen) atoms. The highest BCUT2D eigenvalue weighted by Crippen LogP contribution is 2.22. The van der Waals surface area contributed by atoms with Gasteiger partial charge in [-0.2, -0.15) is 0 Å². The number of aliphatic hydroxyl groups is 1. The molecule has 0 saturated carbocycles. The predicted molar refractivity (Wildman–Crippen MR) is 236 cm³/mol. The van der Waals surface area contributed by atoms with Crippen LogP contribution in [-0.2, 0) is 28.6 Å². The Morgan fingerprint density at radius 2 is 0.877 bits per heavy atom. The number of carbonyl (C=O) groups excluding carboxylic acids is 3. The van der Waals surface area contributed by atoms with E-state index < -0.39 is 12.1 Å². The number of ether oxygens (including phenoxy) is 3. The summed E-state index contributed by atoms with van der Waals surface area (Å²) in [5, 5.41) is 10.4. The van der Waals surface area contributed by atoms with Crippen molar-refractivity contribution in [2.45, 2.75) is 277 Å². The largest absolute Gasteiger partial charge is 0.465 e. The summed E-state index contributed by atoms with van der Waals surface area (Å²) < 4.78 is 17.6. The molecule has 8 heteroatoms. The van der Waals surface area contributed by atoms with Crippen molar-refractivity contribution in [2.24, 2.45) is 0 Å². The van der Waals surface area contributed by atoms with Gasteiger partial charge in [-0.25, -0.2) is 0 Å². The minimum atomic E-state index is -0.517. The van der Waals surface area contributed by atoms with Crippen LogP contribution in [0.1, 0.15) is 252 Å². The molecule has 0 bridgehead atoms. The number of carbonyl (C=O) groups is 3. The second-order valence-corrected chi connectivity index (χ2v) is 17.4. The summed E-state index contributed by atoms with van der Waals surface area (Å²) >= 11 is 0. The lowest BCUT2D eigenvalue weighted by Crippen LogP contribution is -2.38. The minimum absolute atomic E-state index is 0.0445. The zero-order chi connectivity index (χ0) is 41.6. The second-order valence-electron chi connectivity index (χ2n) is 17.4. The van der Waals surface area contributed by atoms with Gasteiger partial charge >= 0.3 is 17.9 Å². The van der Waals surface area contributed by atoms with E-state index in [1.807, 2.05) is 0 Å². The molecule has 0 aromatic carbocycles. The molecule has 8 nitrogen and oxygen atoms in total. The first-order valence-corrected chi connectivity index (χ1v) is 24.8. The third-order valence-corrected chi connectivity index (χ3v) is 11.9. The van der Waals surface area contributed by atoms with Crippen molar-refractivity contribution in [3.63, 3.8) is 0 Å². The lowest BCUT2D eigenvalue weighted by atomic mass is 10.0. The van der Waals surface area contributed by atoms with Gasteiger partial charge in [-0.05, 0) is 83.6 Å². The lowest BCUT2D eigenvalue weighted by molar-refractivity contribution is -0.151. The monoisotopic (exact) mass is 808 g/mol. The molecule has 1 N–H and O–H groups in total. The average molecular weight is 808 g/mol. The van der Waals surface area contributed by atoms with Crippen LogP contribution in [0.5, 0.6) is 0 Å². The highest BCUT2D eigenvalue weighted by atomic mass is 16.5. The molecule has 0 aromatic rings. The third kappa shape index (κ3) is 31.0. The SMILES string of the molecule is CCCCCCCCC(CCCCCC)OC(=O)CCCCCCCOC(=O)[C@@H]1CC(O)CN1CCCCCC(=O)OC(CCCCCC)CCCCCCCC. The highest BCUT2D eigenvalue weighted by molar-refractivity contribution is 5.76. The zero-order valence-corrected chi connectivity index (χ0v) is 38.0. The van der Waals surface area contributed by atoms with Crippen LogP contribution in [0.3, 0.4) is 0 Å². The van der Waals surface area contributed by atoms with E-state index in [-0.39, 0.29) is 30.1 Å². The molecular formula is C49H93NO7. The minimum Gasteiger partial charge on any atom is -0.465 e. The highest BCUT2D eigenvalue weighted by Gasteiger charge is 2.36. The Labute approximate surface area is 352 Å². The van der Waals surface area contributed by atoms with Crippen LogP contribution in [0.15, 0.2) is 0 Å². The van der Waals surface area contributed by atoms with Gasteiger partial charge in [0.15, 0.2) is 0 Å². The van der Waals surface area contributed by atoms with Gasteiger partial charge in [-0.1, -0.05) is 156 Å². The molecule has 336 valence electrons. The third-order valence-electron chi connectivity index (χ3n) is 11.9. The van der Waals surface area contributed by atoms with Crippen LogP contribution in [0.4, 0.5) is 0 Å². The lowest BCUT2D eigenvalue weighted by Gasteiger charge is -2.22.